The minimum absolute atomic E-state index is 0.0463. The van der Waals surface area contributed by atoms with Gasteiger partial charge in [-0.25, -0.2) is 9.37 Å². The second-order valence-corrected chi connectivity index (χ2v) is 7.21. The van der Waals surface area contributed by atoms with Crippen molar-refractivity contribution in [2.75, 3.05) is 13.2 Å². The first-order valence-electron chi connectivity index (χ1n) is 9.63. The Kier molecular flexibility index (Phi) is 5.50. The summed E-state index contributed by atoms with van der Waals surface area (Å²) in [4.78, 5) is 20.6. The zero-order valence-electron chi connectivity index (χ0n) is 16.1. The standard InChI is InChI=1S/C21H22FN5O2/c1-15-6-7-16(14-29-20-9-8-17(22)12-23-20)13-26(15)21(28)18-4-2-3-5-19(18)27-24-10-11-25-27/h2-5,8-12,15-16H,6-7,13-14H2,1H3/t15-,16-/m1/s1. The minimum Gasteiger partial charge on any atom is -0.477 e. The summed E-state index contributed by atoms with van der Waals surface area (Å²) in [6.07, 6.45) is 6.14. The Morgan fingerprint density at radius 3 is 2.72 bits per heavy atom. The monoisotopic (exact) mass is 395 g/mol. The quantitative estimate of drug-likeness (QED) is 0.664. The highest BCUT2D eigenvalue weighted by atomic mass is 19.1. The van der Waals surface area contributed by atoms with E-state index in [1.165, 1.54) is 16.9 Å². The van der Waals surface area contributed by atoms with Crippen molar-refractivity contribution in [2.45, 2.75) is 25.8 Å². The molecule has 3 aromatic rings. The summed E-state index contributed by atoms with van der Waals surface area (Å²) < 4.78 is 18.7. The number of carbonyl (C=O) groups is 1. The van der Waals surface area contributed by atoms with Crippen LogP contribution in [-0.2, 0) is 0 Å². The Morgan fingerprint density at radius 2 is 1.97 bits per heavy atom. The van der Waals surface area contributed by atoms with Gasteiger partial charge in [0.1, 0.15) is 5.82 Å². The lowest BCUT2D eigenvalue weighted by molar-refractivity contribution is 0.0502. The number of amides is 1. The van der Waals surface area contributed by atoms with E-state index in [1.54, 1.807) is 18.5 Å². The van der Waals surface area contributed by atoms with Crippen LogP contribution in [0.5, 0.6) is 5.88 Å². The fourth-order valence-electron chi connectivity index (χ4n) is 3.58. The lowest BCUT2D eigenvalue weighted by atomic mass is 9.93. The molecule has 0 aliphatic carbocycles. The first-order valence-corrected chi connectivity index (χ1v) is 9.63. The zero-order chi connectivity index (χ0) is 20.2. The molecule has 2 atom stereocenters. The third-order valence-corrected chi connectivity index (χ3v) is 5.18. The topological polar surface area (TPSA) is 73.1 Å². The molecule has 0 unspecified atom stereocenters. The fraction of sp³-hybridized carbons (Fsp3) is 0.333. The van der Waals surface area contributed by atoms with Crippen molar-refractivity contribution in [1.82, 2.24) is 24.9 Å². The van der Waals surface area contributed by atoms with Crippen LogP contribution >= 0.6 is 0 Å². The van der Waals surface area contributed by atoms with Gasteiger partial charge in [-0.2, -0.15) is 15.0 Å². The number of likely N-dealkylation sites (tertiary alicyclic amines) is 1. The fourth-order valence-corrected chi connectivity index (χ4v) is 3.58. The van der Waals surface area contributed by atoms with E-state index in [4.69, 9.17) is 4.74 Å². The van der Waals surface area contributed by atoms with Crippen molar-refractivity contribution in [3.05, 3.63) is 66.4 Å². The summed E-state index contributed by atoms with van der Waals surface area (Å²) in [5.74, 6) is 0.121. The van der Waals surface area contributed by atoms with Crippen LogP contribution in [0.2, 0.25) is 0 Å². The van der Waals surface area contributed by atoms with Crippen LogP contribution in [0.25, 0.3) is 5.69 Å². The van der Waals surface area contributed by atoms with Gasteiger partial charge in [0.2, 0.25) is 5.88 Å². The highest BCUT2D eigenvalue weighted by Crippen LogP contribution is 2.26. The van der Waals surface area contributed by atoms with Gasteiger partial charge in [0, 0.05) is 24.6 Å². The Labute approximate surface area is 168 Å². The molecule has 8 heteroatoms. The maximum atomic E-state index is 13.3. The molecule has 1 fully saturated rings. The number of carbonyl (C=O) groups excluding carboxylic acids is 1. The molecule has 1 amide bonds. The summed E-state index contributed by atoms with van der Waals surface area (Å²) in [5.41, 5.74) is 1.22. The Hall–Kier alpha value is -3.29. The molecule has 0 spiro atoms. The molecule has 3 heterocycles. The molecular weight excluding hydrogens is 373 g/mol. The lowest BCUT2D eigenvalue weighted by Crippen LogP contribution is -2.47. The number of hydrogen-bond acceptors (Lipinski definition) is 5. The number of aromatic nitrogens is 4. The van der Waals surface area contributed by atoms with Gasteiger partial charge in [-0.3, -0.25) is 4.79 Å². The number of halogens is 1. The number of para-hydroxylation sites is 1. The van der Waals surface area contributed by atoms with Crippen molar-refractivity contribution in [3.8, 4) is 11.6 Å². The van der Waals surface area contributed by atoms with E-state index < -0.39 is 5.82 Å². The molecular formula is C21H22FN5O2. The van der Waals surface area contributed by atoms with Crippen LogP contribution in [0.4, 0.5) is 4.39 Å². The number of rotatable bonds is 5. The molecule has 4 rings (SSSR count). The van der Waals surface area contributed by atoms with E-state index in [2.05, 4.69) is 22.1 Å². The highest BCUT2D eigenvalue weighted by Gasteiger charge is 2.31. The van der Waals surface area contributed by atoms with Gasteiger partial charge in [-0.05, 0) is 38.0 Å². The molecule has 0 saturated carbocycles. The van der Waals surface area contributed by atoms with Gasteiger partial charge in [0.25, 0.3) is 5.91 Å². The van der Waals surface area contributed by atoms with Crippen molar-refractivity contribution in [2.24, 2.45) is 5.92 Å². The van der Waals surface area contributed by atoms with Crippen molar-refractivity contribution in [1.29, 1.82) is 0 Å². The van der Waals surface area contributed by atoms with Gasteiger partial charge in [-0.1, -0.05) is 12.1 Å². The summed E-state index contributed by atoms with van der Waals surface area (Å²) in [6.45, 7) is 3.07. The van der Waals surface area contributed by atoms with E-state index in [0.717, 1.165) is 19.0 Å². The van der Waals surface area contributed by atoms with Crippen LogP contribution < -0.4 is 4.74 Å². The van der Waals surface area contributed by atoms with Crippen molar-refractivity contribution in [3.63, 3.8) is 0 Å². The molecule has 1 aliphatic heterocycles. The second-order valence-electron chi connectivity index (χ2n) is 7.21. The molecule has 2 aromatic heterocycles. The summed E-state index contributed by atoms with van der Waals surface area (Å²) in [5, 5.41) is 8.32. The number of nitrogens with zero attached hydrogens (tertiary/aromatic N) is 5. The zero-order valence-corrected chi connectivity index (χ0v) is 16.1. The second kappa shape index (κ2) is 8.38. The predicted octanol–water partition coefficient (Wildman–Crippen LogP) is 3.12. The predicted molar refractivity (Wildman–Crippen MR) is 104 cm³/mol. The maximum absolute atomic E-state index is 13.3. The third-order valence-electron chi connectivity index (χ3n) is 5.18. The van der Waals surface area contributed by atoms with E-state index in [-0.39, 0.29) is 17.9 Å². The van der Waals surface area contributed by atoms with E-state index in [9.17, 15) is 9.18 Å². The molecule has 29 heavy (non-hydrogen) atoms. The van der Waals surface area contributed by atoms with E-state index in [0.29, 0.717) is 30.3 Å². The maximum Gasteiger partial charge on any atom is 0.256 e. The van der Waals surface area contributed by atoms with Gasteiger partial charge in [0.15, 0.2) is 0 Å². The average molecular weight is 395 g/mol. The summed E-state index contributed by atoms with van der Waals surface area (Å²) in [6, 6.07) is 10.3. The van der Waals surface area contributed by atoms with Crippen molar-refractivity contribution < 1.29 is 13.9 Å². The molecule has 1 aliphatic rings. The molecule has 1 saturated heterocycles. The molecule has 7 nitrogen and oxygen atoms in total. The number of pyridine rings is 1. The summed E-state index contributed by atoms with van der Waals surface area (Å²) >= 11 is 0. The summed E-state index contributed by atoms with van der Waals surface area (Å²) in [7, 11) is 0. The number of piperidine rings is 1. The molecule has 0 radical (unpaired) electrons. The SMILES string of the molecule is C[C@@H]1CC[C@@H](COc2ccc(F)cn2)CN1C(=O)c1ccccc1-n1nccn1. The Morgan fingerprint density at radius 1 is 1.17 bits per heavy atom. The number of ether oxygens (including phenoxy) is 1. The smallest absolute Gasteiger partial charge is 0.256 e. The lowest BCUT2D eigenvalue weighted by Gasteiger charge is -2.38. The minimum atomic E-state index is -0.397. The largest absolute Gasteiger partial charge is 0.477 e. The van der Waals surface area contributed by atoms with Gasteiger partial charge < -0.3 is 9.64 Å². The van der Waals surface area contributed by atoms with Crippen molar-refractivity contribution >= 4 is 5.91 Å². The number of hydrogen-bond donors (Lipinski definition) is 0. The third kappa shape index (κ3) is 4.26. The molecule has 1 aromatic carbocycles. The van der Waals surface area contributed by atoms with Crippen LogP contribution in [-0.4, -0.2) is 50.0 Å². The molecule has 150 valence electrons. The van der Waals surface area contributed by atoms with Gasteiger partial charge >= 0.3 is 0 Å². The van der Waals surface area contributed by atoms with Gasteiger partial charge in [-0.15, -0.1) is 0 Å². The normalized spacial score (nSPS) is 19.2. The van der Waals surface area contributed by atoms with Crippen LogP contribution in [0, 0.1) is 11.7 Å². The van der Waals surface area contributed by atoms with Crippen LogP contribution in [0.15, 0.2) is 55.0 Å². The first-order chi connectivity index (χ1) is 14.1. The van der Waals surface area contributed by atoms with E-state index >= 15 is 0 Å². The van der Waals surface area contributed by atoms with Crippen LogP contribution in [0.1, 0.15) is 30.1 Å². The van der Waals surface area contributed by atoms with Gasteiger partial charge in [0.05, 0.1) is 36.4 Å². The average Bonchev–Trinajstić information content (AvgIpc) is 3.28. The first kappa shape index (κ1) is 19.0. The molecule has 0 bridgehead atoms. The molecule has 0 N–H and O–H groups in total. The number of benzene rings is 1. The Balaban J connectivity index is 1.47. The van der Waals surface area contributed by atoms with E-state index in [1.807, 2.05) is 23.1 Å². The van der Waals surface area contributed by atoms with Crippen LogP contribution in [0.3, 0.4) is 0 Å². The highest BCUT2D eigenvalue weighted by molar-refractivity contribution is 5.98. The Bertz CT molecular complexity index is 961.